The third-order valence-corrected chi connectivity index (χ3v) is 4.14. The van der Waals surface area contributed by atoms with E-state index in [2.05, 4.69) is 33.0 Å². The van der Waals surface area contributed by atoms with E-state index in [1.54, 1.807) is 0 Å². The topological polar surface area (TPSA) is 49.5 Å². The average molecular weight is 313 g/mol. The van der Waals surface area contributed by atoms with Crippen LogP contribution in [0.5, 0.6) is 0 Å². The van der Waals surface area contributed by atoms with Crippen molar-refractivity contribution in [1.29, 1.82) is 0 Å². The Morgan fingerprint density at radius 3 is 3.00 bits per heavy atom. The van der Waals surface area contributed by atoms with Gasteiger partial charge in [0.05, 0.1) is 0 Å². The van der Waals surface area contributed by atoms with Crippen LogP contribution in [0.2, 0.25) is 0 Å². The Labute approximate surface area is 117 Å². The SMILES string of the molecule is CC(N)c1ccc(Br)cc1N1CCC(CCO)C1. The van der Waals surface area contributed by atoms with Gasteiger partial charge in [-0.1, -0.05) is 22.0 Å². The Bertz CT molecular complexity index is 409. The molecule has 3 N–H and O–H groups in total. The van der Waals surface area contributed by atoms with Gasteiger partial charge in [0.25, 0.3) is 0 Å². The summed E-state index contributed by atoms with van der Waals surface area (Å²) in [4.78, 5) is 2.39. The molecule has 1 heterocycles. The van der Waals surface area contributed by atoms with Gasteiger partial charge in [0.15, 0.2) is 0 Å². The highest BCUT2D eigenvalue weighted by Gasteiger charge is 2.24. The molecule has 1 aromatic carbocycles. The van der Waals surface area contributed by atoms with Crippen molar-refractivity contribution in [2.24, 2.45) is 11.7 Å². The zero-order chi connectivity index (χ0) is 13.1. The van der Waals surface area contributed by atoms with Gasteiger partial charge in [0.2, 0.25) is 0 Å². The fourth-order valence-electron chi connectivity index (χ4n) is 2.65. The highest BCUT2D eigenvalue weighted by atomic mass is 79.9. The summed E-state index contributed by atoms with van der Waals surface area (Å²) in [6.07, 6.45) is 2.06. The molecule has 0 radical (unpaired) electrons. The predicted octanol–water partition coefficient (Wildman–Crippen LogP) is 2.68. The molecular weight excluding hydrogens is 292 g/mol. The number of rotatable bonds is 4. The van der Waals surface area contributed by atoms with E-state index >= 15 is 0 Å². The molecule has 1 fully saturated rings. The Kier molecular flexibility index (Phi) is 4.65. The second kappa shape index (κ2) is 6.04. The molecule has 4 heteroatoms. The maximum Gasteiger partial charge on any atom is 0.0434 e. The summed E-state index contributed by atoms with van der Waals surface area (Å²) in [6.45, 7) is 4.39. The van der Waals surface area contributed by atoms with E-state index in [9.17, 15) is 0 Å². The zero-order valence-corrected chi connectivity index (χ0v) is 12.4. The molecule has 0 aromatic heterocycles. The standard InChI is InChI=1S/C14H21BrN2O/c1-10(16)13-3-2-12(15)8-14(13)17-6-4-11(9-17)5-7-18/h2-3,8,10-11,18H,4-7,9,16H2,1H3. The fourth-order valence-corrected chi connectivity index (χ4v) is 2.99. The molecule has 2 atom stereocenters. The highest BCUT2D eigenvalue weighted by Crippen LogP contribution is 2.33. The highest BCUT2D eigenvalue weighted by molar-refractivity contribution is 9.10. The Morgan fingerprint density at radius 2 is 2.33 bits per heavy atom. The van der Waals surface area contributed by atoms with Gasteiger partial charge in [-0.05, 0) is 43.4 Å². The van der Waals surface area contributed by atoms with Crippen molar-refractivity contribution in [1.82, 2.24) is 0 Å². The maximum absolute atomic E-state index is 9.02. The number of nitrogens with two attached hydrogens (primary N) is 1. The molecule has 18 heavy (non-hydrogen) atoms. The van der Waals surface area contributed by atoms with E-state index in [1.165, 1.54) is 11.3 Å². The van der Waals surface area contributed by atoms with Crippen LogP contribution < -0.4 is 10.6 Å². The number of benzene rings is 1. The number of aliphatic hydroxyl groups excluding tert-OH is 1. The quantitative estimate of drug-likeness (QED) is 0.898. The van der Waals surface area contributed by atoms with Crippen molar-refractivity contribution in [2.45, 2.75) is 25.8 Å². The molecule has 0 aliphatic carbocycles. The van der Waals surface area contributed by atoms with Crippen molar-refractivity contribution in [2.75, 3.05) is 24.6 Å². The predicted molar refractivity (Wildman–Crippen MR) is 78.8 cm³/mol. The van der Waals surface area contributed by atoms with Crippen LogP contribution >= 0.6 is 15.9 Å². The lowest BCUT2D eigenvalue weighted by atomic mass is 10.1. The van der Waals surface area contributed by atoms with Crippen LogP contribution in [0.15, 0.2) is 22.7 Å². The van der Waals surface area contributed by atoms with Crippen LogP contribution in [0.4, 0.5) is 5.69 Å². The third-order valence-electron chi connectivity index (χ3n) is 3.65. The first kappa shape index (κ1) is 13.8. The van der Waals surface area contributed by atoms with Gasteiger partial charge in [0, 0.05) is 35.9 Å². The number of halogens is 1. The van der Waals surface area contributed by atoms with Crippen LogP contribution in [-0.4, -0.2) is 24.8 Å². The third kappa shape index (κ3) is 3.05. The van der Waals surface area contributed by atoms with Crippen molar-refractivity contribution in [3.8, 4) is 0 Å². The number of anilines is 1. The average Bonchev–Trinajstić information content (AvgIpc) is 2.77. The van der Waals surface area contributed by atoms with Crippen LogP contribution in [-0.2, 0) is 0 Å². The molecule has 1 aliphatic rings. The summed E-state index contributed by atoms with van der Waals surface area (Å²) in [6, 6.07) is 6.34. The normalized spacial score (nSPS) is 21.3. The van der Waals surface area contributed by atoms with E-state index < -0.39 is 0 Å². The molecule has 3 nitrogen and oxygen atoms in total. The Balaban J connectivity index is 2.20. The zero-order valence-electron chi connectivity index (χ0n) is 10.8. The van der Waals surface area contributed by atoms with Crippen molar-refractivity contribution >= 4 is 21.6 Å². The van der Waals surface area contributed by atoms with E-state index in [4.69, 9.17) is 10.8 Å². The minimum Gasteiger partial charge on any atom is -0.396 e. The van der Waals surface area contributed by atoms with Crippen molar-refractivity contribution in [3.05, 3.63) is 28.2 Å². The van der Waals surface area contributed by atoms with E-state index in [-0.39, 0.29) is 12.6 Å². The molecule has 0 spiro atoms. The summed E-state index contributed by atoms with van der Waals surface area (Å²) in [5, 5.41) is 9.02. The first-order valence-electron chi connectivity index (χ1n) is 6.52. The second-order valence-electron chi connectivity index (χ2n) is 5.10. The molecule has 100 valence electrons. The molecule has 2 rings (SSSR count). The van der Waals surface area contributed by atoms with E-state index in [1.807, 2.05) is 13.0 Å². The molecule has 0 amide bonds. The summed E-state index contributed by atoms with van der Waals surface area (Å²) in [7, 11) is 0. The van der Waals surface area contributed by atoms with Gasteiger partial charge in [0.1, 0.15) is 0 Å². The Hall–Kier alpha value is -0.580. The van der Waals surface area contributed by atoms with Crippen molar-refractivity contribution in [3.63, 3.8) is 0 Å². The van der Waals surface area contributed by atoms with Gasteiger partial charge >= 0.3 is 0 Å². The minimum absolute atomic E-state index is 0.0463. The fraction of sp³-hybridized carbons (Fsp3) is 0.571. The molecule has 1 aromatic rings. The van der Waals surface area contributed by atoms with Gasteiger partial charge in [-0.2, -0.15) is 0 Å². The molecule has 0 saturated carbocycles. The number of hydrogen-bond acceptors (Lipinski definition) is 3. The first-order valence-corrected chi connectivity index (χ1v) is 7.32. The van der Waals surface area contributed by atoms with Crippen LogP contribution in [0.3, 0.4) is 0 Å². The van der Waals surface area contributed by atoms with E-state index in [0.29, 0.717) is 5.92 Å². The summed E-state index contributed by atoms with van der Waals surface area (Å²) >= 11 is 3.53. The molecule has 2 unspecified atom stereocenters. The number of aliphatic hydroxyl groups is 1. The molecule has 1 saturated heterocycles. The largest absolute Gasteiger partial charge is 0.396 e. The number of hydrogen-bond donors (Lipinski definition) is 2. The minimum atomic E-state index is 0.0463. The summed E-state index contributed by atoms with van der Waals surface area (Å²) < 4.78 is 1.09. The molecule has 1 aliphatic heterocycles. The molecule has 0 bridgehead atoms. The van der Waals surface area contributed by atoms with Gasteiger partial charge in [-0.15, -0.1) is 0 Å². The second-order valence-corrected chi connectivity index (χ2v) is 6.02. The van der Waals surface area contributed by atoms with E-state index in [0.717, 1.165) is 30.4 Å². The summed E-state index contributed by atoms with van der Waals surface area (Å²) in [5.74, 6) is 0.606. The molecular formula is C14H21BrN2O. The lowest BCUT2D eigenvalue weighted by Gasteiger charge is -2.24. The first-order chi connectivity index (χ1) is 8.61. The van der Waals surface area contributed by atoms with Crippen LogP contribution in [0, 0.1) is 5.92 Å². The smallest absolute Gasteiger partial charge is 0.0434 e. The maximum atomic E-state index is 9.02. The lowest BCUT2D eigenvalue weighted by molar-refractivity contribution is 0.263. The van der Waals surface area contributed by atoms with Crippen molar-refractivity contribution < 1.29 is 5.11 Å². The summed E-state index contributed by atoms with van der Waals surface area (Å²) in [5.41, 5.74) is 8.48. The Morgan fingerprint density at radius 1 is 1.56 bits per heavy atom. The lowest BCUT2D eigenvalue weighted by Crippen LogP contribution is -2.23. The number of nitrogens with zero attached hydrogens (tertiary/aromatic N) is 1. The van der Waals surface area contributed by atoms with Gasteiger partial charge in [-0.3, -0.25) is 0 Å². The van der Waals surface area contributed by atoms with Gasteiger partial charge in [-0.25, -0.2) is 0 Å². The van der Waals surface area contributed by atoms with Crippen LogP contribution in [0.25, 0.3) is 0 Å². The van der Waals surface area contributed by atoms with Crippen LogP contribution in [0.1, 0.15) is 31.4 Å². The van der Waals surface area contributed by atoms with Gasteiger partial charge < -0.3 is 15.7 Å². The monoisotopic (exact) mass is 312 g/mol.